The summed E-state index contributed by atoms with van der Waals surface area (Å²) in [5, 5.41) is 10.6. The average Bonchev–Trinajstić information content (AvgIpc) is 3.26. The van der Waals surface area contributed by atoms with Gasteiger partial charge in [-0.05, 0) is 36.8 Å². The summed E-state index contributed by atoms with van der Waals surface area (Å²) in [7, 11) is 0. The van der Waals surface area contributed by atoms with E-state index < -0.39 is 0 Å². The SMILES string of the molecule is Cc1[nH]ncc1CNC(Cn1cnc2ccccc21)c1ccc(F)cc1. The third-order valence-electron chi connectivity index (χ3n) is 4.65. The Hall–Kier alpha value is -2.99. The van der Waals surface area contributed by atoms with Crippen LogP contribution in [0, 0.1) is 12.7 Å². The molecule has 2 aromatic heterocycles. The zero-order valence-electron chi connectivity index (χ0n) is 14.5. The lowest BCUT2D eigenvalue weighted by Gasteiger charge is -2.20. The second kappa shape index (κ2) is 7.09. The Bertz CT molecular complexity index is 1000. The van der Waals surface area contributed by atoms with Gasteiger partial charge in [-0.2, -0.15) is 5.10 Å². The van der Waals surface area contributed by atoms with E-state index in [1.54, 1.807) is 0 Å². The standard InChI is InChI=1S/C20H20FN5/c1-14-16(11-24-25-14)10-22-19(15-6-8-17(21)9-7-15)12-26-13-23-18-4-2-3-5-20(18)26/h2-9,11,13,19,22H,10,12H2,1H3,(H,24,25). The molecule has 0 aliphatic rings. The molecule has 2 heterocycles. The first-order valence-electron chi connectivity index (χ1n) is 8.58. The number of benzene rings is 2. The second-order valence-electron chi connectivity index (χ2n) is 6.39. The zero-order valence-corrected chi connectivity index (χ0v) is 14.5. The minimum Gasteiger partial charge on any atom is -0.329 e. The van der Waals surface area contributed by atoms with Crippen LogP contribution in [0.1, 0.15) is 22.9 Å². The molecule has 0 radical (unpaired) electrons. The van der Waals surface area contributed by atoms with Crippen LogP contribution in [-0.4, -0.2) is 19.7 Å². The molecule has 0 amide bonds. The lowest BCUT2D eigenvalue weighted by Crippen LogP contribution is -2.25. The van der Waals surface area contributed by atoms with Crippen molar-refractivity contribution in [3.05, 3.63) is 83.7 Å². The molecular formula is C20H20FN5. The smallest absolute Gasteiger partial charge is 0.123 e. The quantitative estimate of drug-likeness (QED) is 0.557. The van der Waals surface area contributed by atoms with E-state index in [9.17, 15) is 4.39 Å². The molecule has 0 aliphatic heterocycles. The Kier molecular flexibility index (Phi) is 4.50. The van der Waals surface area contributed by atoms with Crippen LogP contribution in [0.4, 0.5) is 4.39 Å². The number of aromatic nitrogens is 4. The highest BCUT2D eigenvalue weighted by Crippen LogP contribution is 2.20. The van der Waals surface area contributed by atoms with E-state index in [0.717, 1.165) is 27.9 Å². The van der Waals surface area contributed by atoms with Gasteiger partial charge >= 0.3 is 0 Å². The Balaban J connectivity index is 1.61. The van der Waals surface area contributed by atoms with Gasteiger partial charge in [-0.3, -0.25) is 5.10 Å². The minimum atomic E-state index is -0.230. The molecule has 4 rings (SSSR count). The Labute approximate surface area is 150 Å². The van der Waals surface area contributed by atoms with Crippen LogP contribution in [-0.2, 0) is 13.1 Å². The zero-order chi connectivity index (χ0) is 17.9. The molecule has 0 aliphatic carbocycles. The highest BCUT2D eigenvalue weighted by molar-refractivity contribution is 5.74. The maximum atomic E-state index is 13.3. The summed E-state index contributed by atoms with van der Waals surface area (Å²) >= 11 is 0. The molecule has 26 heavy (non-hydrogen) atoms. The predicted octanol–water partition coefficient (Wildman–Crippen LogP) is 3.74. The summed E-state index contributed by atoms with van der Waals surface area (Å²) in [6, 6.07) is 14.7. The highest BCUT2D eigenvalue weighted by Gasteiger charge is 2.15. The molecule has 1 atom stereocenters. The number of H-pyrrole nitrogens is 1. The number of halogens is 1. The van der Waals surface area contributed by atoms with Crippen LogP contribution in [0.2, 0.25) is 0 Å². The van der Waals surface area contributed by atoms with E-state index in [1.807, 2.05) is 49.8 Å². The van der Waals surface area contributed by atoms with Gasteiger partial charge in [0.05, 0.1) is 29.6 Å². The van der Waals surface area contributed by atoms with E-state index in [2.05, 4.69) is 31.1 Å². The number of hydrogen-bond acceptors (Lipinski definition) is 3. The van der Waals surface area contributed by atoms with Crippen LogP contribution in [0.15, 0.2) is 61.1 Å². The van der Waals surface area contributed by atoms with Crippen molar-refractivity contribution >= 4 is 11.0 Å². The first-order valence-corrected chi connectivity index (χ1v) is 8.58. The number of nitrogens with one attached hydrogen (secondary N) is 2. The molecule has 0 saturated carbocycles. The number of imidazole rings is 1. The predicted molar refractivity (Wildman–Crippen MR) is 99.0 cm³/mol. The summed E-state index contributed by atoms with van der Waals surface area (Å²) in [6.45, 7) is 3.38. The summed E-state index contributed by atoms with van der Waals surface area (Å²) in [6.07, 6.45) is 3.68. The van der Waals surface area contributed by atoms with Crippen molar-refractivity contribution in [1.82, 2.24) is 25.1 Å². The van der Waals surface area contributed by atoms with Crippen LogP contribution >= 0.6 is 0 Å². The summed E-state index contributed by atoms with van der Waals surface area (Å²) in [5.74, 6) is -0.230. The molecule has 6 heteroatoms. The number of hydrogen-bond donors (Lipinski definition) is 2. The first-order chi connectivity index (χ1) is 12.7. The molecule has 2 N–H and O–H groups in total. The van der Waals surface area contributed by atoms with Crippen molar-refractivity contribution in [2.24, 2.45) is 0 Å². The number of para-hydroxylation sites is 2. The number of aryl methyl sites for hydroxylation is 1. The molecule has 0 fully saturated rings. The first kappa shape index (κ1) is 16.5. The van der Waals surface area contributed by atoms with E-state index >= 15 is 0 Å². The molecule has 5 nitrogen and oxygen atoms in total. The lowest BCUT2D eigenvalue weighted by molar-refractivity contribution is 0.466. The number of fused-ring (bicyclic) bond motifs is 1. The van der Waals surface area contributed by atoms with E-state index in [1.165, 1.54) is 12.1 Å². The number of nitrogens with zero attached hydrogens (tertiary/aromatic N) is 3. The van der Waals surface area contributed by atoms with Gasteiger partial charge in [0, 0.05) is 24.3 Å². The molecular weight excluding hydrogens is 329 g/mol. The highest BCUT2D eigenvalue weighted by atomic mass is 19.1. The fourth-order valence-electron chi connectivity index (χ4n) is 3.12. The van der Waals surface area contributed by atoms with Gasteiger partial charge in [0.15, 0.2) is 0 Å². The molecule has 4 aromatic rings. The van der Waals surface area contributed by atoms with Gasteiger partial charge in [0.2, 0.25) is 0 Å². The van der Waals surface area contributed by atoms with Crippen molar-refractivity contribution in [2.75, 3.05) is 0 Å². The fraction of sp³-hybridized carbons (Fsp3) is 0.200. The van der Waals surface area contributed by atoms with Crippen molar-refractivity contribution in [3.63, 3.8) is 0 Å². The molecule has 132 valence electrons. The van der Waals surface area contributed by atoms with Gasteiger partial charge in [-0.25, -0.2) is 9.37 Å². The average molecular weight is 349 g/mol. The van der Waals surface area contributed by atoms with Crippen molar-refractivity contribution < 1.29 is 4.39 Å². The Morgan fingerprint density at radius 3 is 2.73 bits per heavy atom. The second-order valence-corrected chi connectivity index (χ2v) is 6.39. The van der Waals surface area contributed by atoms with Crippen molar-refractivity contribution in [1.29, 1.82) is 0 Å². The molecule has 0 bridgehead atoms. The van der Waals surface area contributed by atoms with Crippen LogP contribution in [0.25, 0.3) is 11.0 Å². The lowest BCUT2D eigenvalue weighted by atomic mass is 10.1. The molecule has 1 unspecified atom stereocenters. The number of rotatable bonds is 6. The maximum Gasteiger partial charge on any atom is 0.123 e. The van der Waals surface area contributed by atoms with Gasteiger partial charge in [-0.15, -0.1) is 0 Å². The van der Waals surface area contributed by atoms with Crippen LogP contribution in [0.3, 0.4) is 0 Å². The van der Waals surface area contributed by atoms with Gasteiger partial charge in [0.25, 0.3) is 0 Å². The fourth-order valence-corrected chi connectivity index (χ4v) is 3.12. The normalized spacial score (nSPS) is 12.5. The Morgan fingerprint density at radius 2 is 1.96 bits per heavy atom. The van der Waals surface area contributed by atoms with Gasteiger partial charge in [0.1, 0.15) is 5.82 Å². The van der Waals surface area contributed by atoms with Crippen LogP contribution in [0.5, 0.6) is 0 Å². The minimum absolute atomic E-state index is 0.0162. The Morgan fingerprint density at radius 1 is 1.15 bits per heavy atom. The van der Waals surface area contributed by atoms with Crippen molar-refractivity contribution in [2.45, 2.75) is 26.1 Å². The van der Waals surface area contributed by atoms with Crippen molar-refractivity contribution in [3.8, 4) is 0 Å². The molecule has 0 spiro atoms. The monoisotopic (exact) mass is 349 g/mol. The third kappa shape index (κ3) is 3.36. The van der Waals surface area contributed by atoms with E-state index in [0.29, 0.717) is 13.1 Å². The summed E-state index contributed by atoms with van der Waals surface area (Å²) < 4.78 is 15.5. The van der Waals surface area contributed by atoms with Gasteiger partial charge in [-0.1, -0.05) is 24.3 Å². The summed E-state index contributed by atoms with van der Waals surface area (Å²) in [5.41, 5.74) is 5.25. The van der Waals surface area contributed by atoms with E-state index in [4.69, 9.17) is 0 Å². The third-order valence-corrected chi connectivity index (χ3v) is 4.65. The molecule has 2 aromatic carbocycles. The molecule has 0 saturated heterocycles. The van der Waals surface area contributed by atoms with Gasteiger partial charge < -0.3 is 9.88 Å². The van der Waals surface area contributed by atoms with E-state index in [-0.39, 0.29) is 11.9 Å². The summed E-state index contributed by atoms with van der Waals surface area (Å²) in [4.78, 5) is 4.46. The number of aromatic amines is 1. The van der Waals surface area contributed by atoms with Crippen LogP contribution < -0.4 is 5.32 Å². The topological polar surface area (TPSA) is 58.5 Å². The maximum absolute atomic E-state index is 13.3. The largest absolute Gasteiger partial charge is 0.329 e.